The largest absolute Gasteiger partial charge is 0.481 e. The molecule has 2 aliphatic heterocycles. The Morgan fingerprint density at radius 3 is 2.72 bits per heavy atom. The summed E-state index contributed by atoms with van der Waals surface area (Å²) < 4.78 is 29.1. The second kappa shape index (κ2) is 10.2. The molecule has 0 radical (unpaired) electrons. The smallest absolute Gasteiger partial charge is 0.271 e. The standard InChI is InChI=1S/C28H29ClFN5O4/c1-33(2)28(37)21-7-8-22(27(29)32-21)39-15-24(36)35-10-9-20-26(34-11-12-38-14-23(34)31-20)25(35)18-6-5-17(13-19(18)30)16-3-4-16/h5-8,13,16,25H,3-4,9-12,14-15H2,1-2H3. The summed E-state index contributed by atoms with van der Waals surface area (Å²) in [5.41, 5.74) is 3.30. The Hall–Kier alpha value is -3.50. The van der Waals surface area contributed by atoms with Crippen LogP contribution in [0.2, 0.25) is 5.15 Å². The quantitative estimate of drug-likeness (QED) is 0.432. The van der Waals surface area contributed by atoms with Crippen LogP contribution in [0.5, 0.6) is 5.75 Å². The number of imidazole rings is 1. The van der Waals surface area contributed by atoms with E-state index < -0.39 is 6.04 Å². The number of benzene rings is 1. The number of carbonyl (C=O) groups excluding carboxylic acids is 2. The minimum atomic E-state index is -0.647. The Balaban J connectivity index is 1.29. The molecule has 1 atom stereocenters. The van der Waals surface area contributed by atoms with Crippen LogP contribution in [0.15, 0.2) is 30.3 Å². The van der Waals surface area contributed by atoms with Crippen LogP contribution in [0.25, 0.3) is 0 Å². The Bertz CT molecular complexity index is 1450. The van der Waals surface area contributed by atoms with Gasteiger partial charge in [0.1, 0.15) is 30.0 Å². The highest BCUT2D eigenvalue weighted by Gasteiger charge is 2.39. The zero-order valence-corrected chi connectivity index (χ0v) is 22.6. The van der Waals surface area contributed by atoms with E-state index in [1.54, 1.807) is 25.1 Å². The van der Waals surface area contributed by atoms with Gasteiger partial charge in [-0.25, -0.2) is 14.4 Å². The topological polar surface area (TPSA) is 89.8 Å². The van der Waals surface area contributed by atoms with Crippen molar-refractivity contribution < 1.29 is 23.5 Å². The number of rotatable bonds is 6. The highest BCUT2D eigenvalue weighted by atomic mass is 35.5. The molecule has 2 amide bonds. The van der Waals surface area contributed by atoms with E-state index in [1.807, 2.05) is 12.1 Å². The zero-order chi connectivity index (χ0) is 27.3. The van der Waals surface area contributed by atoms with E-state index >= 15 is 4.39 Å². The van der Waals surface area contributed by atoms with Crippen LogP contribution in [0.4, 0.5) is 4.39 Å². The average Bonchev–Trinajstić information content (AvgIpc) is 3.71. The molecule has 1 unspecified atom stereocenters. The highest BCUT2D eigenvalue weighted by molar-refractivity contribution is 6.31. The number of aromatic nitrogens is 3. The van der Waals surface area contributed by atoms with Crippen LogP contribution in [0, 0.1) is 5.82 Å². The van der Waals surface area contributed by atoms with Crippen LogP contribution in [0.3, 0.4) is 0 Å². The molecule has 0 N–H and O–H groups in total. The summed E-state index contributed by atoms with van der Waals surface area (Å²) >= 11 is 6.27. The van der Waals surface area contributed by atoms with Crippen molar-refractivity contribution in [2.24, 2.45) is 0 Å². The van der Waals surface area contributed by atoms with Gasteiger partial charge in [0, 0.05) is 39.2 Å². The van der Waals surface area contributed by atoms with E-state index in [9.17, 15) is 9.59 Å². The zero-order valence-electron chi connectivity index (χ0n) is 21.8. The number of fused-ring (bicyclic) bond motifs is 3. The van der Waals surface area contributed by atoms with Gasteiger partial charge in [0.2, 0.25) is 0 Å². The first-order valence-electron chi connectivity index (χ1n) is 13.1. The molecular formula is C28H29ClFN5O4. The number of hydrogen-bond donors (Lipinski definition) is 0. The number of halogens is 2. The first kappa shape index (κ1) is 25.8. The predicted molar refractivity (Wildman–Crippen MR) is 140 cm³/mol. The highest BCUT2D eigenvalue weighted by Crippen LogP contribution is 2.43. The number of carbonyl (C=O) groups is 2. The minimum absolute atomic E-state index is 0.0143. The van der Waals surface area contributed by atoms with Gasteiger partial charge in [0.25, 0.3) is 11.8 Å². The molecule has 1 fully saturated rings. The summed E-state index contributed by atoms with van der Waals surface area (Å²) in [5.74, 6) is 0.459. The second-order valence-electron chi connectivity index (χ2n) is 10.3. The van der Waals surface area contributed by atoms with Gasteiger partial charge in [-0.2, -0.15) is 0 Å². The first-order chi connectivity index (χ1) is 18.8. The molecule has 0 saturated heterocycles. The molecule has 0 spiro atoms. The summed E-state index contributed by atoms with van der Waals surface area (Å²) in [7, 11) is 3.24. The van der Waals surface area contributed by atoms with Gasteiger partial charge in [-0.3, -0.25) is 9.59 Å². The number of ether oxygens (including phenoxy) is 2. The maximum Gasteiger partial charge on any atom is 0.271 e. The molecule has 39 heavy (non-hydrogen) atoms. The van der Waals surface area contributed by atoms with Crippen LogP contribution in [-0.4, -0.2) is 70.0 Å². The van der Waals surface area contributed by atoms with Gasteiger partial charge in [0.15, 0.2) is 17.5 Å². The fourth-order valence-corrected chi connectivity index (χ4v) is 5.57. The van der Waals surface area contributed by atoms with Gasteiger partial charge < -0.3 is 23.8 Å². The third-order valence-corrected chi connectivity index (χ3v) is 7.76. The average molecular weight is 554 g/mol. The van der Waals surface area contributed by atoms with Crippen molar-refractivity contribution in [3.63, 3.8) is 0 Å². The normalized spacial score (nSPS) is 18.4. The fraction of sp³-hybridized carbons (Fsp3) is 0.429. The summed E-state index contributed by atoms with van der Waals surface area (Å²) in [5, 5.41) is -0.0143. The van der Waals surface area contributed by atoms with Crippen LogP contribution >= 0.6 is 11.6 Å². The van der Waals surface area contributed by atoms with E-state index in [0.717, 1.165) is 35.6 Å². The molecule has 204 valence electrons. The number of hydrogen-bond acceptors (Lipinski definition) is 6. The summed E-state index contributed by atoms with van der Waals surface area (Å²) in [6.07, 6.45) is 2.70. The van der Waals surface area contributed by atoms with E-state index in [4.69, 9.17) is 26.1 Å². The third kappa shape index (κ3) is 4.87. The fourth-order valence-electron chi connectivity index (χ4n) is 5.36. The lowest BCUT2D eigenvalue weighted by atomic mass is 9.93. The van der Waals surface area contributed by atoms with Crippen molar-refractivity contribution in [3.8, 4) is 5.75 Å². The lowest BCUT2D eigenvalue weighted by molar-refractivity contribution is -0.135. The maximum atomic E-state index is 15.7. The van der Waals surface area contributed by atoms with Gasteiger partial charge >= 0.3 is 0 Å². The maximum absolute atomic E-state index is 15.7. The molecule has 3 aromatic rings. The monoisotopic (exact) mass is 553 g/mol. The Labute approximate surface area is 230 Å². The van der Waals surface area contributed by atoms with Gasteiger partial charge in [0.05, 0.1) is 18.0 Å². The Morgan fingerprint density at radius 1 is 1.18 bits per heavy atom. The summed E-state index contributed by atoms with van der Waals surface area (Å²) in [6, 6.07) is 7.77. The van der Waals surface area contributed by atoms with Crippen molar-refractivity contribution in [1.29, 1.82) is 0 Å². The van der Waals surface area contributed by atoms with E-state index in [-0.39, 0.29) is 40.8 Å². The van der Waals surface area contributed by atoms with Gasteiger partial charge in [-0.05, 0) is 42.5 Å². The summed E-state index contributed by atoms with van der Waals surface area (Å²) in [6.45, 7) is 1.55. The molecule has 4 heterocycles. The van der Waals surface area contributed by atoms with Crippen molar-refractivity contribution in [1.82, 2.24) is 24.3 Å². The van der Waals surface area contributed by atoms with Gasteiger partial charge in [-0.1, -0.05) is 23.7 Å². The summed E-state index contributed by atoms with van der Waals surface area (Å²) in [4.78, 5) is 37.7. The molecular weight excluding hydrogens is 525 g/mol. The molecule has 3 aliphatic rings. The number of amides is 2. The van der Waals surface area contributed by atoms with Crippen LogP contribution in [-0.2, 0) is 29.1 Å². The molecule has 2 aromatic heterocycles. The second-order valence-corrected chi connectivity index (χ2v) is 10.7. The van der Waals surface area contributed by atoms with Crippen molar-refractivity contribution in [3.05, 3.63) is 75.3 Å². The van der Waals surface area contributed by atoms with Crippen molar-refractivity contribution >= 4 is 23.4 Å². The predicted octanol–water partition coefficient (Wildman–Crippen LogP) is 3.73. The minimum Gasteiger partial charge on any atom is -0.481 e. The molecule has 1 aromatic carbocycles. The third-order valence-electron chi connectivity index (χ3n) is 7.49. The lowest BCUT2D eigenvalue weighted by Gasteiger charge is -2.37. The SMILES string of the molecule is CN(C)C(=O)c1ccc(OCC(=O)N2CCc3nc4n(c3C2c2ccc(C3CC3)cc2F)CCOC4)c(Cl)n1. The van der Waals surface area contributed by atoms with E-state index in [2.05, 4.69) is 9.55 Å². The van der Waals surface area contributed by atoms with E-state index in [0.29, 0.717) is 44.2 Å². The Morgan fingerprint density at radius 2 is 2.00 bits per heavy atom. The van der Waals surface area contributed by atoms with Crippen molar-refractivity contribution in [2.45, 2.75) is 44.4 Å². The molecule has 6 rings (SSSR count). The van der Waals surface area contributed by atoms with Crippen molar-refractivity contribution in [2.75, 3.05) is 33.9 Å². The molecule has 11 heteroatoms. The molecule has 1 saturated carbocycles. The number of nitrogens with zero attached hydrogens (tertiary/aromatic N) is 5. The molecule has 1 aliphatic carbocycles. The first-order valence-corrected chi connectivity index (χ1v) is 13.5. The van der Waals surface area contributed by atoms with Crippen LogP contribution in [0.1, 0.15) is 63.6 Å². The van der Waals surface area contributed by atoms with Gasteiger partial charge in [-0.15, -0.1) is 0 Å². The lowest BCUT2D eigenvalue weighted by Crippen LogP contribution is -2.44. The van der Waals surface area contributed by atoms with E-state index in [1.165, 1.54) is 17.0 Å². The number of pyridine rings is 1. The Kier molecular flexibility index (Phi) is 6.76. The molecule has 0 bridgehead atoms. The van der Waals surface area contributed by atoms with Crippen LogP contribution < -0.4 is 4.74 Å². The molecule has 9 nitrogen and oxygen atoms in total.